The van der Waals surface area contributed by atoms with Crippen molar-refractivity contribution in [2.24, 2.45) is 0 Å². The molecule has 2 aromatic heterocycles. The molecule has 152 valence electrons. The predicted molar refractivity (Wildman–Crippen MR) is 106 cm³/mol. The van der Waals surface area contributed by atoms with E-state index < -0.39 is 5.60 Å². The van der Waals surface area contributed by atoms with E-state index in [4.69, 9.17) is 4.74 Å². The number of ether oxygens (including phenoxy) is 1. The Balaban J connectivity index is 1.72. The minimum Gasteiger partial charge on any atom is -0.444 e. The minimum absolute atomic E-state index is 0.0620. The maximum atomic E-state index is 13.0. The van der Waals surface area contributed by atoms with Crippen LogP contribution in [0.5, 0.6) is 0 Å². The molecule has 8 heteroatoms. The lowest BCUT2D eigenvalue weighted by molar-refractivity contribution is 0.0140. The molecule has 0 aromatic carbocycles. The molecule has 28 heavy (non-hydrogen) atoms. The van der Waals surface area contributed by atoms with Gasteiger partial charge in [0.15, 0.2) is 5.65 Å². The van der Waals surface area contributed by atoms with E-state index in [0.29, 0.717) is 37.4 Å². The summed E-state index contributed by atoms with van der Waals surface area (Å²) < 4.78 is 7.27. The zero-order chi connectivity index (χ0) is 20.6. The van der Waals surface area contributed by atoms with E-state index >= 15 is 0 Å². The summed E-state index contributed by atoms with van der Waals surface area (Å²) in [5.74, 6) is -0.0620. The first-order valence-electron chi connectivity index (χ1n) is 9.69. The number of amides is 2. The molecule has 1 aliphatic rings. The summed E-state index contributed by atoms with van der Waals surface area (Å²) in [6.07, 6.45) is 1.42. The standard InChI is InChI=1S/C20H29N5O3/c1-13(2)25-17-15(12-21-25)11-16(14(3)22-17)18(26)23-7-9-24(10-8-23)19(27)28-20(4,5)6/h11-13H,7-10H2,1-6H3. The van der Waals surface area contributed by atoms with Crippen molar-refractivity contribution in [3.05, 3.63) is 23.5 Å². The Morgan fingerprint density at radius 2 is 1.71 bits per heavy atom. The maximum absolute atomic E-state index is 13.0. The van der Waals surface area contributed by atoms with Gasteiger partial charge in [0.25, 0.3) is 5.91 Å². The monoisotopic (exact) mass is 387 g/mol. The molecule has 2 amide bonds. The highest BCUT2D eigenvalue weighted by atomic mass is 16.6. The fourth-order valence-corrected chi connectivity index (χ4v) is 3.25. The third-order valence-corrected chi connectivity index (χ3v) is 4.70. The molecule has 0 atom stereocenters. The topological polar surface area (TPSA) is 80.6 Å². The number of piperazine rings is 1. The van der Waals surface area contributed by atoms with Gasteiger partial charge in [0.2, 0.25) is 0 Å². The van der Waals surface area contributed by atoms with E-state index in [9.17, 15) is 9.59 Å². The van der Waals surface area contributed by atoms with Crippen LogP contribution in [0.2, 0.25) is 0 Å². The van der Waals surface area contributed by atoms with Gasteiger partial charge < -0.3 is 14.5 Å². The molecule has 2 aromatic rings. The summed E-state index contributed by atoms with van der Waals surface area (Å²) in [5, 5.41) is 5.24. The van der Waals surface area contributed by atoms with Gasteiger partial charge in [-0.3, -0.25) is 4.79 Å². The van der Waals surface area contributed by atoms with Crippen LogP contribution in [0.4, 0.5) is 4.79 Å². The van der Waals surface area contributed by atoms with Crippen LogP contribution in [0.15, 0.2) is 12.3 Å². The van der Waals surface area contributed by atoms with E-state index in [1.54, 1.807) is 16.0 Å². The summed E-state index contributed by atoms with van der Waals surface area (Å²) >= 11 is 0. The molecule has 0 spiro atoms. The van der Waals surface area contributed by atoms with Crippen LogP contribution in [0.1, 0.15) is 56.7 Å². The molecule has 0 radical (unpaired) electrons. The quantitative estimate of drug-likeness (QED) is 0.791. The van der Waals surface area contributed by atoms with Crippen LogP contribution in [0.3, 0.4) is 0 Å². The summed E-state index contributed by atoms with van der Waals surface area (Å²) in [6, 6.07) is 2.07. The zero-order valence-electron chi connectivity index (χ0n) is 17.5. The first kappa shape index (κ1) is 20.1. The molecule has 8 nitrogen and oxygen atoms in total. The third kappa shape index (κ3) is 4.10. The Hall–Kier alpha value is -2.64. The Morgan fingerprint density at radius 3 is 2.29 bits per heavy atom. The average Bonchev–Trinajstić information content (AvgIpc) is 3.02. The number of carbonyl (C=O) groups is 2. The van der Waals surface area contributed by atoms with E-state index in [-0.39, 0.29) is 18.0 Å². The first-order chi connectivity index (χ1) is 13.1. The summed E-state index contributed by atoms with van der Waals surface area (Å²) in [7, 11) is 0. The Labute approximate surface area is 165 Å². The van der Waals surface area contributed by atoms with Crippen molar-refractivity contribution in [1.29, 1.82) is 0 Å². The number of fused-ring (bicyclic) bond motifs is 1. The zero-order valence-corrected chi connectivity index (χ0v) is 17.5. The second kappa shape index (κ2) is 7.41. The van der Waals surface area contributed by atoms with Gasteiger partial charge in [0.05, 0.1) is 17.5 Å². The number of carbonyl (C=O) groups excluding carboxylic acids is 2. The second-order valence-electron chi connectivity index (χ2n) is 8.48. The number of pyridine rings is 1. The number of hydrogen-bond donors (Lipinski definition) is 0. The van der Waals surface area contributed by atoms with E-state index in [1.807, 2.05) is 52.3 Å². The molecular formula is C20H29N5O3. The van der Waals surface area contributed by atoms with Crippen molar-refractivity contribution >= 4 is 23.0 Å². The minimum atomic E-state index is -0.525. The molecule has 1 saturated heterocycles. The third-order valence-electron chi connectivity index (χ3n) is 4.70. The van der Waals surface area contributed by atoms with Gasteiger partial charge in [-0.2, -0.15) is 5.10 Å². The normalized spacial score (nSPS) is 15.4. The molecule has 3 rings (SSSR count). The number of nitrogens with zero attached hydrogens (tertiary/aromatic N) is 5. The highest BCUT2D eigenvalue weighted by molar-refractivity contribution is 5.98. The van der Waals surface area contributed by atoms with Crippen LogP contribution < -0.4 is 0 Å². The van der Waals surface area contributed by atoms with Crippen LogP contribution in [0.25, 0.3) is 11.0 Å². The molecule has 0 bridgehead atoms. The first-order valence-corrected chi connectivity index (χ1v) is 9.69. The van der Waals surface area contributed by atoms with Gasteiger partial charge in [0.1, 0.15) is 5.60 Å². The van der Waals surface area contributed by atoms with Crippen LogP contribution >= 0.6 is 0 Å². The number of rotatable bonds is 2. The van der Waals surface area contributed by atoms with E-state index in [2.05, 4.69) is 10.1 Å². The van der Waals surface area contributed by atoms with Crippen molar-refractivity contribution < 1.29 is 14.3 Å². The smallest absolute Gasteiger partial charge is 0.410 e. The van der Waals surface area contributed by atoms with Crippen molar-refractivity contribution in [3.63, 3.8) is 0 Å². The lowest BCUT2D eigenvalue weighted by Gasteiger charge is -2.35. The fourth-order valence-electron chi connectivity index (χ4n) is 3.25. The largest absolute Gasteiger partial charge is 0.444 e. The highest BCUT2D eigenvalue weighted by Crippen LogP contribution is 2.21. The average molecular weight is 387 g/mol. The van der Waals surface area contributed by atoms with Gasteiger partial charge >= 0.3 is 6.09 Å². The second-order valence-corrected chi connectivity index (χ2v) is 8.48. The fraction of sp³-hybridized carbons (Fsp3) is 0.600. The van der Waals surface area contributed by atoms with Crippen LogP contribution in [-0.2, 0) is 4.74 Å². The van der Waals surface area contributed by atoms with Gasteiger partial charge in [-0.25, -0.2) is 14.5 Å². The summed E-state index contributed by atoms with van der Waals surface area (Å²) in [5.41, 5.74) is 1.54. The van der Waals surface area contributed by atoms with Gasteiger partial charge in [-0.05, 0) is 47.6 Å². The van der Waals surface area contributed by atoms with Gasteiger partial charge in [-0.15, -0.1) is 0 Å². The van der Waals surface area contributed by atoms with Crippen LogP contribution in [0, 0.1) is 6.92 Å². The molecule has 0 saturated carbocycles. The molecule has 0 N–H and O–H groups in total. The van der Waals surface area contributed by atoms with Gasteiger partial charge in [0, 0.05) is 37.6 Å². The number of aryl methyl sites for hydroxylation is 1. The lowest BCUT2D eigenvalue weighted by atomic mass is 10.1. The predicted octanol–water partition coefficient (Wildman–Crippen LogP) is 3.01. The Kier molecular flexibility index (Phi) is 5.32. The molecule has 1 aliphatic heterocycles. The van der Waals surface area contributed by atoms with Crippen molar-refractivity contribution in [1.82, 2.24) is 24.6 Å². The number of hydrogen-bond acceptors (Lipinski definition) is 5. The molecule has 3 heterocycles. The van der Waals surface area contributed by atoms with Crippen LogP contribution in [-0.4, -0.2) is 68.3 Å². The van der Waals surface area contributed by atoms with Crippen molar-refractivity contribution in [2.45, 2.75) is 53.2 Å². The SMILES string of the molecule is Cc1nc2c(cnn2C(C)C)cc1C(=O)N1CCN(C(=O)OC(C)(C)C)CC1. The Bertz CT molecular complexity index is 889. The Morgan fingerprint density at radius 1 is 1.11 bits per heavy atom. The van der Waals surface area contributed by atoms with Crippen molar-refractivity contribution in [3.8, 4) is 0 Å². The molecular weight excluding hydrogens is 358 g/mol. The number of aromatic nitrogens is 3. The van der Waals surface area contributed by atoms with Crippen molar-refractivity contribution in [2.75, 3.05) is 26.2 Å². The molecule has 0 aliphatic carbocycles. The highest BCUT2D eigenvalue weighted by Gasteiger charge is 2.29. The van der Waals surface area contributed by atoms with E-state index in [1.165, 1.54) is 0 Å². The molecule has 0 unspecified atom stereocenters. The molecule has 1 fully saturated rings. The lowest BCUT2D eigenvalue weighted by Crippen LogP contribution is -2.51. The summed E-state index contributed by atoms with van der Waals surface area (Å²) in [6.45, 7) is 13.3. The summed E-state index contributed by atoms with van der Waals surface area (Å²) in [4.78, 5) is 33.3. The van der Waals surface area contributed by atoms with E-state index in [0.717, 1.165) is 11.0 Å². The van der Waals surface area contributed by atoms with Gasteiger partial charge in [-0.1, -0.05) is 0 Å². The maximum Gasteiger partial charge on any atom is 0.410 e.